The van der Waals surface area contributed by atoms with E-state index in [2.05, 4.69) is 0 Å². The summed E-state index contributed by atoms with van der Waals surface area (Å²) in [6, 6.07) is 3.83. The number of methoxy groups -OCH3 is 1. The van der Waals surface area contributed by atoms with Crippen LogP contribution in [0.4, 0.5) is 0 Å². The fourth-order valence-electron chi connectivity index (χ4n) is 1.82. The topological polar surface area (TPSA) is 26.3 Å². The highest BCUT2D eigenvalue weighted by Gasteiger charge is 2.11. The molecule has 2 nitrogen and oxygen atoms in total. The molecule has 0 aromatic heterocycles. The van der Waals surface area contributed by atoms with Gasteiger partial charge in [-0.1, -0.05) is 0 Å². The average molecular weight is 255 g/mol. The van der Waals surface area contributed by atoms with Gasteiger partial charge in [0.2, 0.25) is 0 Å². The van der Waals surface area contributed by atoms with Crippen LogP contribution in [0.5, 0.6) is 5.75 Å². The van der Waals surface area contributed by atoms with Gasteiger partial charge in [-0.2, -0.15) is 0 Å². The van der Waals surface area contributed by atoms with E-state index in [9.17, 15) is 4.79 Å². The number of hydrogen-bond acceptors (Lipinski definition) is 2. The SMILES string of the molecule is COc1cc(C)c(C(=O)CCCCCl)cc1C. The number of carbonyl (C=O) groups excluding carboxylic acids is 1. The molecule has 0 radical (unpaired) electrons. The second-order valence-corrected chi connectivity index (χ2v) is 4.58. The number of unbranched alkanes of at least 4 members (excludes halogenated alkanes) is 1. The summed E-state index contributed by atoms with van der Waals surface area (Å²) in [4.78, 5) is 12.0. The Morgan fingerprint density at radius 1 is 1.24 bits per heavy atom. The molecule has 0 fully saturated rings. The van der Waals surface area contributed by atoms with Gasteiger partial charge in [-0.05, 0) is 49.9 Å². The first-order chi connectivity index (χ1) is 8.10. The second kappa shape index (κ2) is 6.65. The van der Waals surface area contributed by atoms with E-state index >= 15 is 0 Å². The van der Waals surface area contributed by atoms with Crippen LogP contribution in [0.2, 0.25) is 0 Å². The van der Waals surface area contributed by atoms with Crippen molar-refractivity contribution in [3.63, 3.8) is 0 Å². The minimum absolute atomic E-state index is 0.193. The maximum atomic E-state index is 12.0. The highest BCUT2D eigenvalue weighted by molar-refractivity contribution is 6.17. The Morgan fingerprint density at radius 2 is 1.94 bits per heavy atom. The van der Waals surface area contributed by atoms with Gasteiger partial charge in [0.05, 0.1) is 7.11 Å². The monoisotopic (exact) mass is 254 g/mol. The zero-order chi connectivity index (χ0) is 12.8. The molecule has 0 unspecified atom stereocenters. The van der Waals surface area contributed by atoms with Gasteiger partial charge < -0.3 is 4.74 Å². The van der Waals surface area contributed by atoms with Gasteiger partial charge in [0, 0.05) is 17.9 Å². The summed E-state index contributed by atoms with van der Waals surface area (Å²) in [5.74, 6) is 1.65. The second-order valence-electron chi connectivity index (χ2n) is 4.21. The Balaban J connectivity index is 2.83. The molecule has 0 saturated heterocycles. The van der Waals surface area contributed by atoms with Crippen molar-refractivity contribution in [3.8, 4) is 5.75 Å². The summed E-state index contributed by atoms with van der Waals surface area (Å²) in [7, 11) is 1.64. The minimum atomic E-state index is 0.193. The number of ketones is 1. The number of rotatable bonds is 6. The molecule has 0 spiro atoms. The number of alkyl halides is 1. The molecule has 1 aromatic carbocycles. The van der Waals surface area contributed by atoms with Gasteiger partial charge in [-0.15, -0.1) is 11.6 Å². The highest BCUT2D eigenvalue weighted by Crippen LogP contribution is 2.23. The molecule has 0 saturated carbocycles. The predicted octanol–water partition coefficient (Wildman–Crippen LogP) is 3.90. The van der Waals surface area contributed by atoms with Gasteiger partial charge in [0.1, 0.15) is 5.75 Å². The first-order valence-corrected chi connectivity index (χ1v) is 6.38. The Labute approximate surface area is 108 Å². The van der Waals surface area contributed by atoms with Crippen LogP contribution in [0, 0.1) is 13.8 Å². The Hall–Kier alpha value is -1.02. The van der Waals surface area contributed by atoms with Crippen LogP contribution >= 0.6 is 11.6 Å². The van der Waals surface area contributed by atoms with Gasteiger partial charge >= 0.3 is 0 Å². The molecule has 0 aliphatic carbocycles. The zero-order valence-corrected chi connectivity index (χ0v) is 11.4. The number of hydrogen-bond donors (Lipinski definition) is 0. The molecule has 0 bridgehead atoms. The molecule has 0 atom stereocenters. The first kappa shape index (κ1) is 14.0. The summed E-state index contributed by atoms with van der Waals surface area (Å²) in [5.41, 5.74) is 2.78. The maximum Gasteiger partial charge on any atom is 0.163 e. The quantitative estimate of drug-likeness (QED) is 0.437. The van der Waals surface area contributed by atoms with Gasteiger partial charge in [-0.3, -0.25) is 4.79 Å². The van der Waals surface area contributed by atoms with Crippen molar-refractivity contribution < 1.29 is 9.53 Å². The lowest BCUT2D eigenvalue weighted by Gasteiger charge is -2.10. The molecule has 1 rings (SSSR count). The van der Waals surface area contributed by atoms with Crippen molar-refractivity contribution in [1.82, 2.24) is 0 Å². The van der Waals surface area contributed by atoms with E-state index in [1.165, 1.54) is 0 Å². The summed E-state index contributed by atoms with van der Waals surface area (Å²) in [6.07, 6.45) is 2.31. The fourth-order valence-corrected chi connectivity index (χ4v) is 2.01. The van der Waals surface area contributed by atoms with Crippen molar-refractivity contribution in [3.05, 3.63) is 28.8 Å². The van der Waals surface area contributed by atoms with Crippen LogP contribution < -0.4 is 4.74 Å². The van der Waals surface area contributed by atoms with E-state index in [1.807, 2.05) is 26.0 Å². The smallest absolute Gasteiger partial charge is 0.163 e. The number of carbonyl (C=O) groups is 1. The molecule has 0 amide bonds. The Morgan fingerprint density at radius 3 is 2.53 bits per heavy atom. The molecular weight excluding hydrogens is 236 g/mol. The molecule has 0 aliphatic heterocycles. The third-order valence-electron chi connectivity index (χ3n) is 2.83. The van der Waals surface area contributed by atoms with Crippen molar-refractivity contribution in [2.45, 2.75) is 33.1 Å². The van der Waals surface area contributed by atoms with Crippen molar-refractivity contribution in [2.24, 2.45) is 0 Å². The van der Waals surface area contributed by atoms with Crippen LogP contribution in [-0.4, -0.2) is 18.8 Å². The number of Topliss-reactive ketones (excluding diaryl/α,β-unsaturated/α-hetero) is 1. The van der Waals surface area contributed by atoms with E-state index < -0.39 is 0 Å². The first-order valence-electron chi connectivity index (χ1n) is 5.84. The summed E-state index contributed by atoms with van der Waals surface area (Å²) >= 11 is 5.60. The number of ether oxygens (including phenoxy) is 1. The molecule has 0 heterocycles. The normalized spacial score (nSPS) is 10.4. The van der Waals surface area contributed by atoms with Crippen LogP contribution in [0.25, 0.3) is 0 Å². The zero-order valence-electron chi connectivity index (χ0n) is 10.7. The van der Waals surface area contributed by atoms with E-state index in [0.29, 0.717) is 12.3 Å². The van der Waals surface area contributed by atoms with Gasteiger partial charge in [0.15, 0.2) is 5.78 Å². The lowest BCUT2D eigenvalue weighted by Crippen LogP contribution is -2.03. The maximum absolute atomic E-state index is 12.0. The summed E-state index contributed by atoms with van der Waals surface area (Å²) in [6.45, 7) is 3.89. The summed E-state index contributed by atoms with van der Waals surface area (Å²) < 4.78 is 5.23. The van der Waals surface area contributed by atoms with E-state index in [0.717, 1.165) is 35.3 Å². The third kappa shape index (κ3) is 3.74. The Kier molecular flexibility index (Phi) is 5.49. The average Bonchev–Trinajstić information content (AvgIpc) is 2.31. The lowest BCUT2D eigenvalue weighted by molar-refractivity contribution is 0.0979. The molecule has 3 heteroatoms. The lowest BCUT2D eigenvalue weighted by atomic mass is 9.98. The van der Waals surface area contributed by atoms with Crippen molar-refractivity contribution in [1.29, 1.82) is 0 Å². The van der Waals surface area contributed by atoms with Crippen LogP contribution in [0.3, 0.4) is 0 Å². The van der Waals surface area contributed by atoms with Gasteiger partial charge in [0.25, 0.3) is 0 Å². The van der Waals surface area contributed by atoms with E-state index in [-0.39, 0.29) is 5.78 Å². The van der Waals surface area contributed by atoms with Crippen LogP contribution in [-0.2, 0) is 0 Å². The fraction of sp³-hybridized carbons (Fsp3) is 0.500. The van der Waals surface area contributed by atoms with Crippen molar-refractivity contribution >= 4 is 17.4 Å². The molecule has 94 valence electrons. The van der Waals surface area contributed by atoms with Crippen molar-refractivity contribution in [2.75, 3.05) is 13.0 Å². The standard InChI is InChI=1S/C14H19ClO2/c1-10-9-14(17-3)11(2)8-12(10)13(16)6-4-5-7-15/h8-9H,4-7H2,1-3H3. The number of aryl methyl sites for hydroxylation is 2. The minimum Gasteiger partial charge on any atom is -0.496 e. The highest BCUT2D eigenvalue weighted by atomic mass is 35.5. The largest absolute Gasteiger partial charge is 0.496 e. The molecule has 0 N–H and O–H groups in total. The molecule has 1 aromatic rings. The third-order valence-corrected chi connectivity index (χ3v) is 3.10. The van der Waals surface area contributed by atoms with E-state index in [1.54, 1.807) is 7.11 Å². The predicted molar refractivity (Wildman–Crippen MR) is 71.4 cm³/mol. The molecule has 0 aliphatic rings. The summed E-state index contributed by atoms with van der Waals surface area (Å²) in [5, 5.41) is 0. The molecular formula is C14H19ClO2. The Bertz CT molecular complexity index is 399. The van der Waals surface area contributed by atoms with E-state index in [4.69, 9.17) is 16.3 Å². The van der Waals surface area contributed by atoms with Crippen LogP contribution in [0.15, 0.2) is 12.1 Å². The van der Waals surface area contributed by atoms with Gasteiger partial charge in [-0.25, -0.2) is 0 Å². The number of halogens is 1. The van der Waals surface area contributed by atoms with Crippen LogP contribution in [0.1, 0.15) is 40.7 Å². The molecule has 17 heavy (non-hydrogen) atoms. The number of benzene rings is 1.